The molecular weight excluding hydrogens is 170 g/mol. The second-order valence-electron chi connectivity index (χ2n) is 2.74. The van der Waals surface area contributed by atoms with E-state index in [1.165, 1.54) is 5.57 Å². The molecule has 0 aliphatic heterocycles. The Morgan fingerprint density at radius 3 is 2.58 bits per heavy atom. The van der Waals surface area contributed by atoms with Crippen LogP contribution < -0.4 is 5.73 Å². The van der Waals surface area contributed by atoms with Crippen LogP contribution in [-0.2, 0) is 0 Å². The van der Waals surface area contributed by atoms with E-state index in [1.807, 2.05) is 32.1 Å². The van der Waals surface area contributed by atoms with Gasteiger partial charge in [-0.2, -0.15) is 0 Å². The number of nitrogens with two attached hydrogens (primary N) is 1. The van der Waals surface area contributed by atoms with Crippen LogP contribution in [0.3, 0.4) is 0 Å². The highest BCUT2D eigenvalue weighted by molar-refractivity contribution is 6.31. The van der Waals surface area contributed by atoms with Crippen LogP contribution in [0.2, 0.25) is 5.02 Å². The van der Waals surface area contributed by atoms with Crippen molar-refractivity contribution in [2.24, 2.45) is 0 Å². The molecule has 0 amide bonds. The minimum Gasteiger partial charge on any atom is -0.399 e. The summed E-state index contributed by atoms with van der Waals surface area (Å²) in [4.78, 5) is 0. The second kappa shape index (κ2) is 3.63. The normalized spacial score (nSPS) is 11.8. The third kappa shape index (κ3) is 2.02. The maximum absolute atomic E-state index is 5.84. The van der Waals surface area contributed by atoms with Gasteiger partial charge >= 0.3 is 0 Å². The number of allylic oxidation sites excluding steroid dienone is 2. The number of hydrogen-bond donors (Lipinski definition) is 1. The van der Waals surface area contributed by atoms with Crippen molar-refractivity contribution >= 4 is 22.9 Å². The van der Waals surface area contributed by atoms with Crippen molar-refractivity contribution in [3.63, 3.8) is 0 Å². The van der Waals surface area contributed by atoms with Gasteiger partial charge in [-0.1, -0.05) is 17.7 Å². The first-order chi connectivity index (χ1) is 5.63. The summed E-state index contributed by atoms with van der Waals surface area (Å²) in [5, 5.41) is 0.686. The minimum absolute atomic E-state index is 0.686. The number of rotatable bonds is 1. The summed E-state index contributed by atoms with van der Waals surface area (Å²) in [6.45, 7) is 4.03. The smallest absolute Gasteiger partial charge is 0.0432 e. The summed E-state index contributed by atoms with van der Waals surface area (Å²) < 4.78 is 0. The van der Waals surface area contributed by atoms with Crippen LogP contribution in [0, 0.1) is 0 Å². The first-order valence-corrected chi connectivity index (χ1v) is 4.20. The zero-order valence-electron chi connectivity index (χ0n) is 7.26. The summed E-state index contributed by atoms with van der Waals surface area (Å²) in [5.74, 6) is 0. The molecule has 12 heavy (non-hydrogen) atoms. The van der Waals surface area contributed by atoms with Crippen molar-refractivity contribution in [2.45, 2.75) is 13.8 Å². The standard InChI is InChI=1S/C10H12ClN/c1-3-7(2)8-4-9(11)6-10(12)5-8/h3-6H,12H2,1-2H3. The van der Waals surface area contributed by atoms with Crippen LogP contribution >= 0.6 is 11.6 Å². The molecule has 0 aliphatic rings. The van der Waals surface area contributed by atoms with Gasteiger partial charge < -0.3 is 5.73 Å². The maximum Gasteiger partial charge on any atom is 0.0432 e. The lowest BCUT2D eigenvalue weighted by Gasteiger charge is -2.02. The summed E-state index contributed by atoms with van der Waals surface area (Å²) >= 11 is 5.84. The van der Waals surface area contributed by atoms with Crippen LogP contribution in [0.4, 0.5) is 5.69 Å². The minimum atomic E-state index is 0.686. The van der Waals surface area contributed by atoms with Gasteiger partial charge in [0.05, 0.1) is 0 Å². The van der Waals surface area contributed by atoms with Crippen molar-refractivity contribution in [3.05, 3.63) is 34.9 Å². The lowest BCUT2D eigenvalue weighted by atomic mass is 10.1. The first kappa shape index (κ1) is 9.14. The molecule has 0 atom stereocenters. The van der Waals surface area contributed by atoms with E-state index in [1.54, 1.807) is 6.07 Å². The van der Waals surface area contributed by atoms with E-state index in [0.717, 1.165) is 5.56 Å². The van der Waals surface area contributed by atoms with Crippen LogP contribution in [0.1, 0.15) is 19.4 Å². The van der Waals surface area contributed by atoms with E-state index in [9.17, 15) is 0 Å². The molecule has 0 fully saturated rings. The van der Waals surface area contributed by atoms with Crippen LogP contribution in [0.5, 0.6) is 0 Å². The van der Waals surface area contributed by atoms with E-state index in [-0.39, 0.29) is 0 Å². The van der Waals surface area contributed by atoms with E-state index < -0.39 is 0 Å². The molecule has 1 rings (SSSR count). The molecule has 2 heteroatoms. The molecule has 2 N–H and O–H groups in total. The zero-order valence-corrected chi connectivity index (χ0v) is 8.02. The highest BCUT2D eigenvalue weighted by atomic mass is 35.5. The first-order valence-electron chi connectivity index (χ1n) is 3.83. The Labute approximate surface area is 77.8 Å². The molecule has 0 radical (unpaired) electrons. The molecule has 0 aromatic heterocycles. The quantitative estimate of drug-likeness (QED) is 0.661. The van der Waals surface area contributed by atoms with Crippen molar-refractivity contribution in [1.82, 2.24) is 0 Å². The van der Waals surface area contributed by atoms with Crippen molar-refractivity contribution in [1.29, 1.82) is 0 Å². The number of benzene rings is 1. The van der Waals surface area contributed by atoms with Gasteiger partial charge in [0, 0.05) is 10.7 Å². The van der Waals surface area contributed by atoms with E-state index in [4.69, 9.17) is 17.3 Å². The Bertz CT molecular complexity index is 295. The molecule has 1 aromatic carbocycles. The fraction of sp³-hybridized carbons (Fsp3) is 0.200. The molecule has 0 spiro atoms. The Morgan fingerprint density at radius 2 is 2.08 bits per heavy atom. The number of nitrogen functional groups attached to an aromatic ring is 1. The van der Waals surface area contributed by atoms with Crippen LogP contribution in [0.25, 0.3) is 5.57 Å². The molecule has 0 heterocycles. The van der Waals surface area contributed by atoms with Crippen molar-refractivity contribution in [2.75, 3.05) is 5.73 Å². The zero-order chi connectivity index (χ0) is 9.14. The summed E-state index contributed by atoms with van der Waals surface area (Å²) in [5.41, 5.74) is 8.62. The SMILES string of the molecule is CC=C(C)c1cc(N)cc(Cl)c1. The summed E-state index contributed by atoms with van der Waals surface area (Å²) in [7, 11) is 0. The third-order valence-corrected chi connectivity index (χ3v) is 2.03. The average Bonchev–Trinajstić information content (AvgIpc) is 2.01. The third-order valence-electron chi connectivity index (χ3n) is 1.81. The molecule has 0 saturated heterocycles. The molecule has 0 bridgehead atoms. The van der Waals surface area contributed by atoms with Gasteiger partial charge in [0.25, 0.3) is 0 Å². The van der Waals surface area contributed by atoms with Crippen molar-refractivity contribution < 1.29 is 0 Å². The molecular formula is C10H12ClN. The number of anilines is 1. The molecule has 64 valence electrons. The second-order valence-corrected chi connectivity index (χ2v) is 3.18. The number of hydrogen-bond acceptors (Lipinski definition) is 1. The molecule has 1 aromatic rings. The van der Waals surface area contributed by atoms with Crippen molar-refractivity contribution in [3.8, 4) is 0 Å². The average molecular weight is 182 g/mol. The lowest BCUT2D eigenvalue weighted by molar-refractivity contribution is 1.54. The van der Waals surface area contributed by atoms with E-state index in [0.29, 0.717) is 10.7 Å². The number of halogens is 1. The van der Waals surface area contributed by atoms with Gasteiger partial charge in [0.15, 0.2) is 0 Å². The van der Waals surface area contributed by atoms with E-state index in [2.05, 4.69) is 0 Å². The lowest BCUT2D eigenvalue weighted by Crippen LogP contribution is -1.87. The topological polar surface area (TPSA) is 26.0 Å². The van der Waals surface area contributed by atoms with Crippen LogP contribution in [-0.4, -0.2) is 0 Å². The molecule has 0 aliphatic carbocycles. The Kier molecular flexibility index (Phi) is 2.77. The van der Waals surface area contributed by atoms with Gasteiger partial charge in [0.2, 0.25) is 0 Å². The van der Waals surface area contributed by atoms with Crippen LogP contribution in [0.15, 0.2) is 24.3 Å². The maximum atomic E-state index is 5.84. The largest absolute Gasteiger partial charge is 0.399 e. The highest BCUT2D eigenvalue weighted by Gasteiger charge is 1.97. The Morgan fingerprint density at radius 1 is 1.42 bits per heavy atom. The van der Waals surface area contributed by atoms with Gasteiger partial charge in [-0.25, -0.2) is 0 Å². The monoisotopic (exact) mass is 181 g/mol. The predicted molar refractivity (Wildman–Crippen MR) is 55.2 cm³/mol. The van der Waals surface area contributed by atoms with Gasteiger partial charge in [0.1, 0.15) is 0 Å². The summed E-state index contributed by atoms with van der Waals surface area (Å²) in [6, 6.07) is 5.57. The van der Waals surface area contributed by atoms with Gasteiger partial charge in [-0.15, -0.1) is 0 Å². The predicted octanol–water partition coefficient (Wildman–Crippen LogP) is 3.35. The molecule has 0 unspecified atom stereocenters. The highest BCUT2D eigenvalue weighted by Crippen LogP contribution is 2.21. The van der Waals surface area contributed by atoms with Gasteiger partial charge in [-0.05, 0) is 43.2 Å². The Balaban J connectivity index is 3.17. The fourth-order valence-electron chi connectivity index (χ4n) is 1.01. The Hall–Kier alpha value is -0.950. The molecule has 1 nitrogen and oxygen atoms in total. The molecule has 0 saturated carbocycles. The summed E-state index contributed by atoms with van der Waals surface area (Å²) in [6.07, 6.45) is 2.03. The van der Waals surface area contributed by atoms with Gasteiger partial charge in [-0.3, -0.25) is 0 Å². The fourth-order valence-corrected chi connectivity index (χ4v) is 1.25. The van der Waals surface area contributed by atoms with E-state index >= 15 is 0 Å².